The average molecular weight is 473 g/mol. The third kappa shape index (κ3) is 10.8. The third-order valence-electron chi connectivity index (χ3n) is 6.73. The molecule has 0 fully saturated rings. The summed E-state index contributed by atoms with van der Waals surface area (Å²) >= 11 is 0. The smallest absolute Gasteiger partial charge is 0.237 e. The molecule has 0 aliphatic heterocycles. The van der Waals surface area contributed by atoms with Crippen molar-refractivity contribution in [2.24, 2.45) is 23.0 Å². The van der Waals surface area contributed by atoms with Crippen molar-refractivity contribution in [2.45, 2.75) is 109 Å². The van der Waals surface area contributed by atoms with E-state index in [2.05, 4.69) is 21.4 Å². The number of carbonyl (C=O) groups excluding carboxylic acids is 2. The van der Waals surface area contributed by atoms with E-state index in [9.17, 15) is 9.59 Å². The van der Waals surface area contributed by atoms with Gasteiger partial charge in [-0.15, -0.1) is 0 Å². The molecule has 10 heteroatoms. The summed E-state index contributed by atoms with van der Waals surface area (Å²) in [6.07, 6.45) is 5.95. The number of amides is 1. The predicted octanol–water partition coefficient (Wildman–Crippen LogP) is -0.0469. The first-order valence-corrected chi connectivity index (χ1v) is 12.7. The molecule has 0 bridgehead atoms. The number of unbranched alkanes of at least 4 members (excludes halogenated alkanes) is 1. The van der Waals surface area contributed by atoms with Crippen molar-refractivity contribution in [1.29, 1.82) is 0 Å². The van der Waals surface area contributed by atoms with Gasteiger partial charge in [0.25, 0.3) is 0 Å². The quantitative estimate of drug-likeness (QED) is 0.0490. The Morgan fingerprint density at radius 1 is 0.818 bits per heavy atom. The van der Waals surface area contributed by atoms with Gasteiger partial charge in [0.2, 0.25) is 5.91 Å². The summed E-state index contributed by atoms with van der Waals surface area (Å²) in [6, 6.07) is -1.13. The Morgan fingerprint density at radius 3 is 1.88 bits per heavy atom. The van der Waals surface area contributed by atoms with E-state index in [0.29, 0.717) is 71.1 Å². The van der Waals surface area contributed by atoms with Crippen molar-refractivity contribution in [2.75, 3.05) is 26.2 Å². The van der Waals surface area contributed by atoms with Gasteiger partial charge in [-0.2, -0.15) is 0 Å². The van der Waals surface area contributed by atoms with Gasteiger partial charge in [-0.3, -0.25) is 26.2 Å². The van der Waals surface area contributed by atoms with Crippen molar-refractivity contribution in [3.05, 3.63) is 0 Å². The molecule has 196 valence electrons. The molecule has 0 aliphatic rings. The maximum Gasteiger partial charge on any atom is 0.237 e. The zero-order valence-corrected chi connectivity index (χ0v) is 21.5. The fourth-order valence-electron chi connectivity index (χ4n) is 4.07. The van der Waals surface area contributed by atoms with E-state index in [-0.39, 0.29) is 11.7 Å². The molecular formula is C23H52N8O2. The van der Waals surface area contributed by atoms with Gasteiger partial charge < -0.3 is 27.8 Å². The lowest BCUT2D eigenvalue weighted by molar-refractivity contribution is -0.133. The molecule has 0 saturated carbocycles. The first-order valence-electron chi connectivity index (χ1n) is 12.7. The summed E-state index contributed by atoms with van der Waals surface area (Å²) in [6.45, 7) is 10.1. The highest BCUT2D eigenvalue weighted by atomic mass is 16.2. The van der Waals surface area contributed by atoms with Crippen LogP contribution in [-0.2, 0) is 9.59 Å². The number of hydrazine groups is 1. The van der Waals surface area contributed by atoms with Gasteiger partial charge in [-0.1, -0.05) is 34.1 Å². The second kappa shape index (κ2) is 17.3. The zero-order valence-electron chi connectivity index (χ0n) is 21.5. The Bertz CT molecular complexity index is 539. The fraction of sp³-hybridized carbons (Fsp3) is 0.913. The zero-order chi connectivity index (χ0) is 25.3. The number of Topliss-reactive ketones (excluding diaryl/α,β-unsaturated/α-hetero) is 1. The molecule has 0 aromatic heterocycles. The van der Waals surface area contributed by atoms with E-state index < -0.39 is 23.3 Å². The van der Waals surface area contributed by atoms with Gasteiger partial charge in [-0.25, -0.2) is 0 Å². The van der Waals surface area contributed by atoms with Crippen molar-refractivity contribution in [1.82, 2.24) is 21.4 Å². The highest BCUT2D eigenvalue weighted by Crippen LogP contribution is 2.21. The molecule has 12 N–H and O–H groups in total. The molecule has 0 aromatic carbocycles. The number of carbonyl (C=O) groups is 2. The minimum absolute atomic E-state index is 0.0166. The second-order valence-electron chi connectivity index (χ2n) is 8.87. The van der Waals surface area contributed by atoms with E-state index in [1.807, 2.05) is 27.7 Å². The van der Waals surface area contributed by atoms with Crippen LogP contribution in [0.4, 0.5) is 0 Å². The van der Waals surface area contributed by atoms with Crippen LogP contribution >= 0.6 is 0 Å². The Kier molecular flexibility index (Phi) is 16.7. The van der Waals surface area contributed by atoms with Gasteiger partial charge in [0.05, 0.1) is 23.3 Å². The first-order chi connectivity index (χ1) is 15.7. The lowest BCUT2D eigenvalue weighted by Gasteiger charge is -2.37. The number of ketones is 1. The monoisotopic (exact) mass is 472 g/mol. The van der Waals surface area contributed by atoms with E-state index >= 15 is 0 Å². The van der Waals surface area contributed by atoms with Crippen LogP contribution in [0.2, 0.25) is 0 Å². The summed E-state index contributed by atoms with van der Waals surface area (Å²) in [5.41, 5.74) is 19.1. The van der Waals surface area contributed by atoms with Crippen LogP contribution in [-0.4, -0.2) is 61.2 Å². The Labute approximate surface area is 201 Å². The van der Waals surface area contributed by atoms with E-state index in [4.69, 9.17) is 23.0 Å². The van der Waals surface area contributed by atoms with Gasteiger partial charge >= 0.3 is 0 Å². The average Bonchev–Trinajstić information content (AvgIpc) is 2.83. The minimum Gasteiger partial charge on any atom is -0.345 e. The maximum atomic E-state index is 13.7. The largest absolute Gasteiger partial charge is 0.345 e. The topological polar surface area (TPSA) is 186 Å². The summed E-state index contributed by atoms with van der Waals surface area (Å²) in [5, 5.41) is 9.76. The fourth-order valence-corrected chi connectivity index (χ4v) is 4.07. The van der Waals surface area contributed by atoms with E-state index in [1.54, 1.807) is 0 Å². The molecule has 0 radical (unpaired) electrons. The van der Waals surface area contributed by atoms with Gasteiger partial charge in [0.1, 0.15) is 0 Å². The highest BCUT2D eigenvalue weighted by molar-refractivity contribution is 5.96. The highest BCUT2D eigenvalue weighted by Gasteiger charge is 2.40. The molecule has 1 amide bonds. The maximum absolute atomic E-state index is 13.7. The van der Waals surface area contributed by atoms with E-state index in [1.165, 1.54) is 0 Å². The summed E-state index contributed by atoms with van der Waals surface area (Å²) in [4.78, 5) is 27.1. The summed E-state index contributed by atoms with van der Waals surface area (Å²) in [7, 11) is 0. The normalized spacial score (nSPS) is 14.2. The molecule has 0 heterocycles. The van der Waals surface area contributed by atoms with Crippen LogP contribution in [0.15, 0.2) is 0 Å². The lowest BCUT2D eigenvalue weighted by atomic mass is 9.82. The number of hydrogen-bond acceptors (Lipinski definition) is 9. The molecule has 2 atom stereocenters. The summed E-state index contributed by atoms with van der Waals surface area (Å²) < 4.78 is 0. The van der Waals surface area contributed by atoms with E-state index in [0.717, 1.165) is 12.8 Å². The van der Waals surface area contributed by atoms with Gasteiger partial charge in [0.15, 0.2) is 5.78 Å². The lowest BCUT2D eigenvalue weighted by Crippen LogP contribution is -2.63. The van der Waals surface area contributed by atoms with Crippen LogP contribution in [0.25, 0.3) is 0 Å². The van der Waals surface area contributed by atoms with Crippen molar-refractivity contribution in [3.8, 4) is 0 Å². The van der Waals surface area contributed by atoms with Crippen molar-refractivity contribution < 1.29 is 9.59 Å². The number of hydrogen-bond donors (Lipinski definition) is 8. The predicted molar refractivity (Wildman–Crippen MR) is 136 cm³/mol. The molecular weight excluding hydrogens is 420 g/mol. The van der Waals surface area contributed by atoms with Crippen LogP contribution < -0.4 is 44.4 Å². The number of rotatable bonds is 21. The minimum atomic E-state index is -0.740. The van der Waals surface area contributed by atoms with Crippen LogP contribution in [0.1, 0.15) is 85.5 Å². The number of nitrogens with two attached hydrogens (primary N) is 4. The van der Waals surface area contributed by atoms with Crippen LogP contribution in [0, 0.1) is 0 Å². The van der Waals surface area contributed by atoms with Crippen molar-refractivity contribution in [3.63, 3.8) is 0 Å². The molecule has 2 unspecified atom stereocenters. The molecule has 10 nitrogen and oxygen atoms in total. The molecule has 0 aromatic rings. The molecule has 0 spiro atoms. The molecule has 0 aliphatic carbocycles. The first kappa shape index (κ1) is 31.9. The Hall–Kier alpha value is -1.14. The molecule has 0 rings (SSSR count). The summed E-state index contributed by atoms with van der Waals surface area (Å²) in [5.74, 6) is 5.17. The standard InChI is InChI=1S/C23H52N8O2/c1-5-22(6-2,28-16-17-29-27)20(32)18(13-11-15-25)30-21(33)19(12-9-10-14-24)31-23(26,7-3)8-4/h18-19,28-29,31H,5-17,24-27H2,1-4H3,(H,30,33). The van der Waals surface area contributed by atoms with Crippen molar-refractivity contribution >= 4 is 11.7 Å². The second-order valence-corrected chi connectivity index (χ2v) is 8.87. The molecule has 0 saturated heterocycles. The Balaban J connectivity index is 5.71. The van der Waals surface area contributed by atoms with Gasteiger partial charge in [-0.05, 0) is 64.5 Å². The third-order valence-corrected chi connectivity index (χ3v) is 6.73. The molecule has 33 heavy (non-hydrogen) atoms. The van der Waals surface area contributed by atoms with Crippen LogP contribution in [0.3, 0.4) is 0 Å². The number of nitrogens with one attached hydrogen (secondary N) is 4. The Morgan fingerprint density at radius 2 is 1.39 bits per heavy atom. The SMILES string of the molecule is CCC(N)(CC)NC(CCCCN)C(=O)NC(CCCN)C(=O)C(CC)(CC)NCCNN. The van der Waals surface area contributed by atoms with Crippen LogP contribution in [0.5, 0.6) is 0 Å². The van der Waals surface area contributed by atoms with Gasteiger partial charge in [0, 0.05) is 13.1 Å².